The van der Waals surface area contributed by atoms with Crippen LogP contribution in [-0.4, -0.2) is 28.0 Å². The number of benzene rings is 1. The molecule has 1 fully saturated rings. The summed E-state index contributed by atoms with van der Waals surface area (Å²) in [5, 5.41) is 6.57. The SMILES string of the molecule is CC1CCN(c2ccc(Nc3ccnc(NCc4ccccn4)n3)cc2)CC1. The molecule has 2 aromatic heterocycles. The minimum atomic E-state index is 0.578. The van der Waals surface area contributed by atoms with Crippen LogP contribution in [0, 0.1) is 5.92 Å². The zero-order chi connectivity index (χ0) is 19.2. The summed E-state index contributed by atoms with van der Waals surface area (Å²) in [6.45, 7) is 5.22. The largest absolute Gasteiger partial charge is 0.372 e. The van der Waals surface area contributed by atoms with Gasteiger partial charge in [0, 0.05) is 36.9 Å². The third-order valence-electron chi connectivity index (χ3n) is 5.10. The molecular weight excluding hydrogens is 348 g/mol. The fourth-order valence-electron chi connectivity index (χ4n) is 3.36. The van der Waals surface area contributed by atoms with Crippen LogP contribution in [0.15, 0.2) is 60.9 Å². The zero-order valence-corrected chi connectivity index (χ0v) is 16.2. The number of rotatable bonds is 6. The molecule has 0 spiro atoms. The Labute approximate surface area is 166 Å². The summed E-state index contributed by atoms with van der Waals surface area (Å²) in [6.07, 6.45) is 6.08. The molecule has 28 heavy (non-hydrogen) atoms. The van der Waals surface area contributed by atoms with Gasteiger partial charge in [-0.25, -0.2) is 4.98 Å². The standard InChI is InChI=1S/C22H26N6/c1-17-10-14-28(15-11-17)20-7-5-18(6-8-20)26-21-9-13-24-22(27-21)25-16-19-4-2-3-12-23-19/h2-9,12-13,17H,10-11,14-16H2,1H3,(H2,24,25,26,27). The maximum Gasteiger partial charge on any atom is 0.224 e. The summed E-state index contributed by atoms with van der Waals surface area (Å²) in [4.78, 5) is 15.6. The van der Waals surface area contributed by atoms with Gasteiger partial charge in [0.05, 0.1) is 12.2 Å². The molecule has 3 heterocycles. The third kappa shape index (κ3) is 4.76. The highest BCUT2D eigenvalue weighted by molar-refractivity contribution is 5.61. The van der Waals surface area contributed by atoms with Gasteiger partial charge in [-0.15, -0.1) is 0 Å². The van der Waals surface area contributed by atoms with Gasteiger partial charge >= 0.3 is 0 Å². The Morgan fingerprint density at radius 1 is 0.964 bits per heavy atom. The van der Waals surface area contributed by atoms with E-state index < -0.39 is 0 Å². The molecule has 144 valence electrons. The summed E-state index contributed by atoms with van der Waals surface area (Å²) in [6, 6.07) is 16.3. The highest BCUT2D eigenvalue weighted by Crippen LogP contribution is 2.25. The van der Waals surface area contributed by atoms with Crippen LogP contribution in [-0.2, 0) is 6.54 Å². The van der Waals surface area contributed by atoms with Gasteiger partial charge in [-0.2, -0.15) is 4.98 Å². The molecule has 0 saturated carbocycles. The molecule has 1 aliphatic rings. The van der Waals surface area contributed by atoms with Crippen molar-refractivity contribution in [1.29, 1.82) is 0 Å². The van der Waals surface area contributed by atoms with E-state index in [1.165, 1.54) is 18.5 Å². The van der Waals surface area contributed by atoms with Crippen molar-refractivity contribution < 1.29 is 0 Å². The van der Waals surface area contributed by atoms with Gasteiger partial charge < -0.3 is 15.5 Å². The molecule has 0 atom stereocenters. The van der Waals surface area contributed by atoms with E-state index in [-0.39, 0.29) is 0 Å². The lowest BCUT2D eigenvalue weighted by molar-refractivity contribution is 0.438. The maximum absolute atomic E-state index is 4.53. The Balaban J connectivity index is 1.36. The normalized spacial score (nSPS) is 14.7. The molecule has 1 aromatic carbocycles. The van der Waals surface area contributed by atoms with E-state index in [1.807, 2.05) is 24.3 Å². The van der Waals surface area contributed by atoms with Crippen molar-refractivity contribution in [2.24, 2.45) is 5.92 Å². The number of nitrogens with one attached hydrogen (secondary N) is 2. The first kappa shape index (κ1) is 18.2. The highest BCUT2D eigenvalue weighted by atomic mass is 15.1. The number of piperidine rings is 1. The van der Waals surface area contributed by atoms with E-state index in [4.69, 9.17) is 0 Å². The van der Waals surface area contributed by atoms with Gasteiger partial charge in [-0.3, -0.25) is 4.98 Å². The van der Waals surface area contributed by atoms with Gasteiger partial charge in [0.1, 0.15) is 5.82 Å². The second-order valence-corrected chi connectivity index (χ2v) is 7.28. The molecule has 0 bridgehead atoms. The lowest BCUT2D eigenvalue weighted by Gasteiger charge is -2.32. The minimum absolute atomic E-state index is 0.578. The first-order valence-corrected chi connectivity index (χ1v) is 9.85. The van der Waals surface area contributed by atoms with Gasteiger partial charge in [0.2, 0.25) is 5.95 Å². The topological polar surface area (TPSA) is 66.0 Å². The Hall–Kier alpha value is -3.15. The van der Waals surface area contributed by atoms with E-state index in [0.29, 0.717) is 12.5 Å². The van der Waals surface area contributed by atoms with Crippen LogP contribution in [0.2, 0.25) is 0 Å². The molecular formula is C22H26N6. The summed E-state index contributed by atoms with van der Waals surface area (Å²) >= 11 is 0. The second kappa shape index (κ2) is 8.69. The van der Waals surface area contributed by atoms with Gasteiger partial charge in [0.25, 0.3) is 0 Å². The van der Waals surface area contributed by atoms with E-state index in [0.717, 1.165) is 36.2 Å². The molecule has 0 aliphatic carbocycles. The molecule has 6 heteroatoms. The molecule has 2 N–H and O–H groups in total. The number of anilines is 4. The van der Waals surface area contributed by atoms with Crippen molar-refractivity contribution in [2.75, 3.05) is 28.6 Å². The molecule has 6 nitrogen and oxygen atoms in total. The van der Waals surface area contributed by atoms with Crippen LogP contribution in [0.25, 0.3) is 0 Å². The van der Waals surface area contributed by atoms with Crippen molar-refractivity contribution >= 4 is 23.1 Å². The number of pyridine rings is 1. The van der Waals surface area contributed by atoms with Crippen molar-refractivity contribution in [3.63, 3.8) is 0 Å². The molecule has 0 radical (unpaired) electrons. The monoisotopic (exact) mass is 374 g/mol. The van der Waals surface area contributed by atoms with Crippen molar-refractivity contribution in [1.82, 2.24) is 15.0 Å². The number of nitrogens with zero attached hydrogens (tertiary/aromatic N) is 4. The summed E-state index contributed by atoms with van der Waals surface area (Å²) < 4.78 is 0. The van der Waals surface area contributed by atoms with Gasteiger partial charge in [-0.05, 0) is 61.2 Å². The van der Waals surface area contributed by atoms with Crippen molar-refractivity contribution in [3.8, 4) is 0 Å². The molecule has 4 rings (SSSR count). The van der Waals surface area contributed by atoms with Crippen LogP contribution >= 0.6 is 0 Å². The number of aromatic nitrogens is 3. The third-order valence-corrected chi connectivity index (χ3v) is 5.10. The average Bonchev–Trinajstić information content (AvgIpc) is 2.75. The Kier molecular flexibility index (Phi) is 5.66. The lowest BCUT2D eigenvalue weighted by atomic mass is 9.99. The Bertz CT molecular complexity index is 873. The van der Waals surface area contributed by atoms with Crippen molar-refractivity contribution in [3.05, 3.63) is 66.6 Å². The quantitative estimate of drug-likeness (QED) is 0.664. The smallest absolute Gasteiger partial charge is 0.224 e. The average molecular weight is 374 g/mol. The Morgan fingerprint density at radius 3 is 2.54 bits per heavy atom. The van der Waals surface area contributed by atoms with E-state index in [1.54, 1.807) is 12.4 Å². The Morgan fingerprint density at radius 2 is 1.79 bits per heavy atom. The molecule has 0 amide bonds. The van der Waals surface area contributed by atoms with Crippen LogP contribution in [0.3, 0.4) is 0 Å². The predicted molar refractivity (Wildman–Crippen MR) is 114 cm³/mol. The second-order valence-electron chi connectivity index (χ2n) is 7.28. The number of hydrogen-bond donors (Lipinski definition) is 2. The highest BCUT2D eigenvalue weighted by Gasteiger charge is 2.15. The lowest BCUT2D eigenvalue weighted by Crippen LogP contribution is -2.32. The summed E-state index contributed by atoms with van der Waals surface area (Å²) in [5.41, 5.74) is 3.26. The fourth-order valence-corrected chi connectivity index (χ4v) is 3.36. The minimum Gasteiger partial charge on any atom is -0.372 e. The molecule has 3 aromatic rings. The van der Waals surface area contributed by atoms with Crippen molar-refractivity contribution in [2.45, 2.75) is 26.3 Å². The molecule has 1 saturated heterocycles. The van der Waals surface area contributed by atoms with Gasteiger partial charge in [-0.1, -0.05) is 13.0 Å². The van der Waals surface area contributed by atoms with E-state index in [9.17, 15) is 0 Å². The van der Waals surface area contributed by atoms with Crippen LogP contribution in [0.4, 0.5) is 23.1 Å². The fraction of sp³-hybridized carbons (Fsp3) is 0.318. The maximum atomic E-state index is 4.53. The predicted octanol–water partition coefficient (Wildman–Crippen LogP) is 4.46. The van der Waals surface area contributed by atoms with Gasteiger partial charge in [0.15, 0.2) is 0 Å². The molecule has 0 unspecified atom stereocenters. The number of hydrogen-bond acceptors (Lipinski definition) is 6. The summed E-state index contributed by atoms with van der Waals surface area (Å²) in [5.74, 6) is 2.18. The van der Waals surface area contributed by atoms with Crippen LogP contribution in [0.5, 0.6) is 0 Å². The van der Waals surface area contributed by atoms with E-state index in [2.05, 4.69) is 61.7 Å². The zero-order valence-electron chi connectivity index (χ0n) is 16.2. The van der Waals surface area contributed by atoms with Crippen LogP contribution in [0.1, 0.15) is 25.5 Å². The van der Waals surface area contributed by atoms with E-state index >= 15 is 0 Å². The first-order chi connectivity index (χ1) is 13.8. The first-order valence-electron chi connectivity index (χ1n) is 9.85. The van der Waals surface area contributed by atoms with Crippen LogP contribution < -0.4 is 15.5 Å². The molecule has 1 aliphatic heterocycles. The summed E-state index contributed by atoms with van der Waals surface area (Å²) in [7, 11) is 0.